The molecule has 0 spiro atoms. The fourth-order valence-corrected chi connectivity index (χ4v) is 5.09. The molecule has 4 nitrogen and oxygen atoms in total. The second-order valence-electron chi connectivity index (χ2n) is 8.32. The molecule has 0 unspecified atom stereocenters. The number of thioether (sulfide) groups is 1. The van der Waals surface area contributed by atoms with Crippen molar-refractivity contribution < 1.29 is 9.13 Å². The Morgan fingerprint density at radius 2 is 1.68 bits per heavy atom. The van der Waals surface area contributed by atoms with E-state index in [1.54, 1.807) is 30.0 Å². The third kappa shape index (κ3) is 6.93. The van der Waals surface area contributed by atoms with Gasteiger partial charge < -0.3 is 4.74 Å². The summed E-state index contributed by atoms with van der Waals surface area (Å²) in [6, 6.07) is 24.2. The Balaban J connectivity index is 0.00000106. The van der Waals surface area contributed by atoms with E-state index in [0.29, 0.717) is 38.6 Å². The van der Waals surface area contributed by atoms with Gasteiger partial charge in [0, 0.05) is 27.3 Å². The van der Waals surface area contributed by atoms with Crippen LogP contribution in [0.1, 0.15) is 38.8 Å². The Bertz CT molecular complexity index is 1640. The first-order chi connectivity index (χ1) is 19.4. The van der Waals surface area contributed by atoms with Crippen molar-refractivity contribution in [3.05, 3.63) is 117 Å². The summed E-state index contributed by atoms with van der Waals surface area (Å²) in [5.41, 5.74) is 4.23. The monoisotopic (exact) mass is 576 g/mol. The summed E-state index contributed by atoms with van der Waals surface area (Å²) in [6.07, 6.45) is 1.25. The highest BCUT2D eigenvalue weighted by Crippen LogP contribution is 2.35. The average molecular weight is 577 g/mol. The summed E-state index contributed by atoms with van der Waals surface area (Å²) in [7, 11) is 1.50. The van der Waals surface area contributed by atoms with Crippen LogP contribution in [-0.2, 0) is 5.75 Å². The number of benzene rings is 4. The third-order valence-corrected chi connectivity index (χ3v) is 7.44. The number of ether oxygens (including phenoxy) is 1. The molecule has 1 heterocycles. The zero-order chi connectivity index (χ0) is 29.2. The molecule has 7 heteroatoms. The van der Waals surface area contributed by atoms with Crippen LogP contribution in [0.3, 0.4) is 0 Å². The van der Waals surface area contributed by atoms with Crippen LogP contribution >= 0.6 is 23.4 Å². The summed E-state index contributed by atoms with van der Waals surface area (Å²) in [5.74, 6) is 0.715. The van der Waals surface area contributed by atoms with Gasteiger partial charge >= 0.3 is 0 Å². The maximum Gasteiger partial charge on any atom is 0.274 e. The quantitative estimate of drug-likeness (QED) is 0.189. The first-order valence-electron chi connectivity index (χ1n) is 13.3. The van der Waals surface area contributed by atoms with Crippen molar-refractivity contribution in [2.45, 2.75) is 45.3 Å². The largest absolute Gasteiger partial charge is 0.495 e. The minimum absolute atomic E-state index is 0.312. The minimum Gasteiger partial charge on any atom is -0.495 e. The summed E-state index contributed by atoms with van der Waals surface area (Å²) in [5, 5.41) is 0.610. The lowest BCUT2D eigenvalue weighted by Crippen LogP contribution is -2.19. The molecule has 0 fully saturated rings. The number of nitrogens with zero attached hydrogens (tertiary/aromatic N) is 2. The molecule has 40 heavy (non-hydrogen) atoms. The number of rotatable bonds is 6. The highest BCUT2D eigenvalue weighted by Gasteiger charge is 2.17. The van der Waals surface area contributed by atoms with Crippen molar-refractivity contribution in [2.24, 2.45) is 0 Å². The van der Waals surface area contributed by atoms with Crippen molar-refractivity contribution in [1.82, 2.24) is 9.55 Å². The molecule has 5 aromatic rings. The van der Waals surface area contributed by atoms with E-state index in [2.05, 4.69) is 17.1 Å². The molecule has 208 valence electrons. The van der Waals surface area contributed by atoms with Crippen LogP contribution in [0.2, 0.25) is 5.02 Å². The summed E-state index contributed by atoms with van der Waals surface area (Å²) in [6.45, 7) is 9.87. The zero-order valence-electron chi connectivity index (χ0n) is 23.7. The van der Waals surface area contributed by atoms with E-state index in [9.17, 15) is 4.79 Å². The number of fused-ring (bicyclic) bond motifs is 1. The van der Waals surface area contributed by atoms with Crippen LogP contribution in [0, 0.1) is 12.7 Å². The number of hydrogen-bond acceptors (Lipinski definition) is 4. The molecule has 4 aromatic carbocycles. The molecule has 0 saturated heterocycles. The molecule has 0 N–H and O–H groups in total. The van der Waals surface area contributed by atoms with E-state index in [0.717, 1.165) is 16.2 Å². The molecule has 0 aliphatic carbocycles. The topological polar surface area (TPSA) is 44.1 Å². The molecular formula is C33H34ClFN2O2S. The Labute approximate surface area is 244 Å². The highest BCUT2D eigenvalue weighted by atomic mass is 35.5. The van der Waals surface area contributed by atoms with E-state index in [-0.39, 0.29) is 5.56 Å². The average Bonchev–Trinajstić information content (AvgIpc) is 3.00. The van der Waals surface area contributed by atoms with E-state index in [1.807, 2.05) is 77.1 Å². The highest BCUT2D eigenvalue weighted by molar-refractivity contribution is 7.98. The van der Waals surface area contributed by atoms with Gasteiger partial charge in [-0.3, -0.25) is 9.36 Å². The fraction of sp³-hybridized carbons (Fsp3) is 0.212. The minimum atomic E-state index is -0.473. The standard InChI is InChI=1S/C29H22ClFN2O2S.2C2H6/c1-18-12-20(8-10-23(18)30)22-14-28(35-2)27(15-24(22)31)33-26-11-9-21(13-25(26)32-16-29(33)34)36-17-19-6-4-3-5-7-19;2*1-2/h3-16H,17H2,1-2H3;2*1-2H3. The van der Waals surface area contributed by atoms with Gasteiger partial charge in [-0.05, 0) is 60.0 Å². The van der Waals surface area contributed by atoms with Gasteiger partial charge in [0.25, 0.3) is 5.56 Å². The van der Waals surface area contributed by atoms with E-state index >= 15 is 4.39 Å². The lowest BCUT2D eigenvalue weighted by atomic mass is 10.0. The predicted octanol–water partition coefficient (Wildman–Crippen LogP) is 9.51. The van der Waals surface area contributed by atoms with Gasteiger partial charge in [-0.15, -0.1) is 11.8 Å². The summed E-state index contributed by atoms with van der Waals surface area (Å²) < 4.78 is 22.5. The second-order valence-corrected chi connectivity index (χ2v) is 9.78. The van der Waals surface area contributed by atoms with Crippen LogP contribution in [0.25, 0.3) is 27.8 Å². The predicted molar refractivity (Wildman–Crippen MR) is 168 cm³/mol. The van der Waals surface area contributed by atoms with Gasteiger partial charge in [-0.25, -0.2) is 9.37 Å². The Morgan fingerprint density at radius 1 is 0.950 bits per heavy atom. The van der Waals surface area contributed by atoms with Crippen LogP contribution in [-0.4, -0.2) is 16.7 Å². The number of hydrogen-bond donors (Lipinski definition) is 0. The Morgan fingerprint density at radius 3 is 2.35 bits per heavy atom. The van der Waals surface area contributed by atoms with Crippen LogP contribution in [0.4, 0.5) is 4.39 Å². The van der Waals surface area contributed by atoms with Crippen LogP contribution in [0.5, 0.6) is 5.75 Å². The molecule has 0 aliphatic heterocycles. The molecule has 0 saturated carbocycles. The van der Waals surface area contributed by atoms with Crippen molar-refractivity contribution in [3.63, 3.8) is 0 Å². The smallest absolute Gasteiger partial charge is 0.274 e. The van der Waals surface area contributed by atoms with Crippen molar-refractivity contribution >= 4 is 34.4 Å². The summed E-state index contributed by atoms with van der Waals surface area (Å²) in [4.78, 5) is 18.3. The van der Waals surface area contributed by atoms with Gasteiger partial charge in [-0.1, -0.05) is 75.7 Å². The molecule has 0 bridgehead atoms. The normalized spacial score (nSPS) is 10.3. The van der Waals surface area contributed by atoms with Gasteiger partial charge in [0.05, 0.1) is 30.0 Å². The number of aromatic nitrogens is 2. The second kappa shape index (κ2) is 14.7. The van der Waals surface area contributed by atoms with Gasteiger partial charge in [-0.2, -0.15) is 0 Å². The van der Waals surface area contributed by atoms with E-state index in [4.69, 9.17) is 16.3 Å². The van der Waals surface area contributed by atoms with E-state index < -0.39 is 5.82 Å². The van der Waals surface area contributed by atoms with Crippen LogP contribution < -0.4 is 10.3 Å². The maximum atomic E-state index is 15.4. The molecule has 0 radical (unpaired) electrons. The van der Waals surface area contributed by atoms with Crippen molar-refractivity contribution in [2.75, 3.05) is 7.11 Å². The molecule has 0 atom stereocenters. The SMILES string of the molecule is CC.CC.COc1cc(-c2ccc(Cl)c(C)c2)c(F)cc1-n1c(=O)cnc2cc(SCc3ccccc3)ccc21. The molecular weight excluding hydrogens is 543 g/mol. The molecule has 0 aliphatic rings. The van der Waals surface area contributed by atoms with Gasteiger partial charge in [0.1, 0.15) is 11.6 Å². The van der Waals surface area contributed by atoms with Crippen LogP contribution in [0.15, 0.2) is 94.7 Å². The third-order valence-electron chi connectivity index (χ3n) is 5.95. The summed E-state index contributed by atoms with van der Waals surface area (Å²) >= 11 is 7.83. The number of halogens is 2. The van der Waals surface area contributed by atoms with Gasteiger partial charge in [0.2, 0.25) is 0 Å². The zero-order valence-corrected chi connectivity index (χ0v) is 25.2. The maximum absolute atomic E-state index is 15.4. The van der Waals surface area contributed by atoms with Crippen molar-refractivity contribution in [1.29, 1.82) is 0 Å². The van der Waals surface area contributed by atoms with E-state index in [1.165, 1.54) is 29.5 Å². The lowest BCUT2D eigenvalue weighted by Gasteiger charge is -2.16. The Hall–Kier alpha value is -3.61. The Kier molecular flexibility index (Phi) is 11.4. The molecule has 5 rings (SSSR count). The fourth-order valence-electron chi connectivity index (χ4n) is 4.09. The lowest BCUT2D eigenvalue weighted by molar-refractivity contribution is 0.412. The first-order valence-corrected chi connectivity index (χ1v) is 14.6. The van der Waals surface area contributed by atoms with Crippen molar-refractivity contribution in [3.8, 4) is 22.6 Å². The number of aryl methyl sites for hydroxylation is 1. The first kappa shape index (κ1) is 30.9. The molecule has 0 amide bonds. The van der Waals surface area contributed by atoms with Gasteiger partial charge in [0.15, 0.2) is 0 Å². The number of methoxy groups -OCH3 is 1. The molecule has 1 aromatic heterocycles.